The summed E-state index contributed by atoms with van der Waals surface area (Å²) in [5.41, 5.74) is 7.59. The van der Waals surface area contributed by atoms with Crippen molar-refractivity contribution >= 4 is 0 Å². The first-order valence-electron chi connectivity index (χ1n) is 10.3. The van der Waals surface area contributed by atoms with Crippen molar-refractivity contribution in [2.75, 3.05) is 6.61 Å². The standard InChI is InChI=1S/C22H41NO2/c1-5-6-7-8-9-10-12-15-19(2)16-13-11-14-17-21-20(23)18-24-22(3,4)25-21/h14,16-17,20-21H,5-13,15,18,23H2,1-4H3/b17-14+,19-16+/t20-,21+/m0/s1. The maximum atomic E-state index is 6.06. The van der Waals surface area contributed by atoms with E-state index in [1.807, 2.05) is 13.8 Å². The second-order valence-corrected chi connectivity index (χ2v) is 7.88. The molecule has 1 aliphatic heterocycles. The third-order valence-electron chi connectivity index (χ3n) is 4.79. The van der Waals surface area contributed by atoms with E-state index >= 15 is 0 Å². The predicted molar refractivity (Wildman–Crippen MR) is 108 cm³/mol. The van der Waals surface area contributed by atoms with E-state index in [1.165, 1.54) is 56.9 Å². The molecule has 2 N–H and O–H groups in total. The molecule has 3 nitrogen and oxygen atoms in total. The van der Waals surface area contributed by atoms with Crippen LogP contribution in [0.25, 0.3) is 0 Å². The van der Waals surface area contributed by atoms with Crippen LogP contribution in [0.3, 0.4) is 0 Å². The third-order valence-corrected chi connectivity index (χ3v) is 4.79. The number of ether oxygens (including phenoxy) is 2. The Labute approximate surface area is 156 Å². The topological polar surface area (TPSA) is 44.5 Å². The van der Waals surface area contributed by atoms with Gasteiger partial charge >= 0.3 is 0 Å². The molecule has 0 unspecified atom stereocenters. The SMILES string of the molecule is CCCCCCCCC/C(C)=C/CC/C=C/[C@H]1OC(C)(C)OC[C@@H]1N. The molecule has 0 saturated carbocycles. The van der Waals surface area contributed by atoms with Crippen molar-refractivity contribution in [1.82, 2.24) is 0 Å². The fraction of sp³-hybridized carbons (Fsp3) is 0.818. The van der Waals surface area contributed by atoms with Crippen molar-refractivity contribution < 1.29 is 9.47 Å². The van der Waals surface area contributed by atoms with Crippen LogP contribution in [0.15, 0.2) is 23.8 Å². The van der Waals surface area contributed by atoms with Gasteiger partial charge in [0.05, 0.1) is 18.8 Å². The first-order chi connectivity index (χ1) is 11.9. The van der Waals surface area contributed by atoms with Gasteiger partial charge in [-0.05, 0) is 46.5 Å². The second kappa shape index (κ2) is 12.7. The molecule has 0 aliphatic carbocycles. The molecule has 1 saturated heterocycles. The number of hydrogen-bond acceptors (Lipinski definition) is 3. The smallest absolute Gasteiger partial charge is 0.163 e. The molecule has 25 heavy (non-hydrogen) atoms. The highest BCUT2D eigenvalue weighted by Gasteiger charge is 2.32. The molecule has 146 valence electrons. The number of unbranched alkanes of at least 4 members (excludes halogenated alkanes) is 7. The molecule has 0 aromatic heterocycles. The van der Waals surface area contributed by atoms with Gasteiger partial charge in [-0.3, -0.25) is 0 Å². The van der Waals surface area contributed by atoms with E-state index in [4.69, 9.17) is 15.2 Å². The molecule has 1 heterocycles. The lowest BCUT2D eigenvalue weighted by atomic mass is 10.0. The molecule has 0 spiro atoms. The number of allylic oxidation sites excluding steroid dienone is 3. The highest BCUT2D eigenvalue weighted by Crippen LogP contribution is 2.22. The Kier molecular flexibility index (Phi) is 11.4. The van der Waals surface area contributed by atoms with Crippen LogP contribution in [0.5, 0.6) is 0 Å². The van der Waals surface area contributed by atoms with Gasteiger partial charge in [-0.15, -0.1) is 0 Å². The highest BCUT2D eigenvalue weighted by atomic mass is 16.7. The summed E-state index contributed by atoms with van der Waals surface area (Å²) in [5, 5.41) is 0. The minimum Gasteiger partial charge on any atom is -0.349 e. The van der Waals surface area contributed by atoms with Crippen molar-refractivity contribution in [3.8, 4) is 0 Å². The minimum atomic E-state index is -0.530. The van der Waals surface area contributed by atoms with Crippen molar-refractivity contribution in [2.45, 2.75) is 110 Å². The average Bonchev–Trinajstić information content (AvgIpc) is 2.56. The predicted octanol–water partition coefficient (Wildman–Crippen LogP) is 5.89. The Balaban J connectivity index is 2.11. The zero-order valence-electron chi connectivity index (χ0n) is 17.1. The molecule has 0 bridgehead atoms. The van der Waals surface area contributed by atoms with Gasteiger partial charge in [0.1, 0.15) is 0 Å². The van der Waals surface area contributed by atoms with Gasteiger partial charge in [-0.2, -0.15) is 0 Å². The average molecular weight is 352 g/mol. The Hall–Kier alpha value is -0.640. The quantitative estimate of drug-likeness (QED) is 0.352. The fourth-order valence-corrected chi connectivity index (χ4v) is 3.14. The first kappa shape index (κ1) is 22.4. The summed E-state index contributed by atoms with van der Waals surface area (Å²) in [6.45, 7) is 8.97. The summed E-state index contributed by atoms with van der Waals surface area (Å²) in [6, 6.07) is -0.0705. The van der Waals surface area contributed by atoms with Crippen molar-refractivity contribution in [3.05, 3.63) is 23.8 Å². The molecular weight excluding hydrogens is 310 g/mol. The van der Waals surface area contributed by atoms with E-state index in [-0.39, 0.29) is 12.1 Å². The van der Waals surface area contributed by atoms with E-state index in [2.05, 4.69) is 32.1 Å². The third kappa shape index (κ3) is 10.8. The van der Waals surface area contributed by atoms with Crippen molar-refractivity contribution in [3.63, 3.8) is 0 Å². The van der Waals surface area contributed by atoms with Gasteiger partial charge in [-0.1, -0.05) is 69.2 Å². The lowest BCUT2D eigenvalue weighted by Crippen LogP contribution is -2.51. The van der Waals surface area contributed by atoms with E-state index in [9.17, 15) is 0 Å². The summed E-state index contributed by atoms with van der Waals surface area (Å²) in [5.74, 6) is -0.530. The van der Waals surface area contributed by atoms with Crippen molar-refractivity contribution in [2.24, 2.45) is 5.73 Å². The van der Waals surface area contributed by atoms with Crippen LogP contribution in [-0.2, 0) is 9.47 Å². The molecule has 0 radical (unpaired) electrons. The molecule has 0 aromatic rings. The summed E-state index contributed by atoms with van der Waals surface area (Å²) in [4.78, 5) is 0. The zero-order valence-corrected chi connectivity index (χ0v) is 17.1. The maximum absolute atomic E-state index is 6.06. The number of rotatable bonds is 12. The molecule has 3 heteroatoms. The number of nitrogens with two attached hydrogens (primary N) is 1. The van der Waals surface area contributed by atoms with Gasteiger partial charge in [0, 0.05) is 0 Å². The molecule has 0 amide bonds. The summed E-state index contributed by atoms with van der Waals surface area (Å²) in [7, 11) is 0. The molecule has 2 atom stereocenters. The van der Waals surface area contributed by atoms with Gasteiger partial charge in [0.15, 0.2) is 5.79 Å². The van der Waals surface area contributed by atoms with Crippen LogP contribution in [-0.4, -0.2) is 24.5 Å². The molecule has 1 fully saturated rings. The van der Waals surface area contributed by atoms with Gasteiger partial charge in [0.2, 0.25) is 0 Å². The lowest BCUT2D eigenvalue weighted by molar-refractivity contribution is -0.268. The van der Waals surface area contributed by atoms with E-state index in [0.717, 1.165) is 12.8 Å². The van der Waals surface area contributed by atoms with E-state index in [1.54, 1.807) is 0 Å². The molecule has 0 aromatic carbocycles. The Morgan fingerprint density at radius 1 is 1.08 bits per heavy atom. The van der Waals surface area contributed by atoms with Gasteiger partial charge in [-0.25, -0.2) is 0 Å². The van der Waals surface area contributed by atoms with Gasteiger partial charge in [0.25, 0.3) is 0 Å². The van der Waals surface area contributed by atoms with Crippen LogP contribution in [0.4, 0.5) is 0 Å². The lowest BCUT2D eigenvalue weighted by Gasteiger charge is -2.38. The Morgan fingerprint density at radius 2 is 1.76 bits per heavy atom. The van der Waals surface area contributed by atoms with Crippen LogP contribution < -0.4 is 5.73 Å². The van der Waals surface area contributed by atoms with E-state index < -0.39 is 5.79 Å². The Bertz CT molecular complexity index is 401. The van der Waals surface area contributed by atoms with Crippen LogP contribution >= 0.6 is 0 Å². The molecule has 1 aliphatic rings. The molecule has 1 rings (SSSR count). The number of hydrogen-bond donors (Lipinski definition) is 1. The highest BCUT2D eigenvalue weighted by molar-refractivity contribution is 5.01. The summed E-state index contributed by atoms with van der Waals surface area (Å²) >= 11 is 0. The first-order valence-corrected chi connectivity index (χ1v) is 10.3. The minimum absolute atomic E-state index is 0.0402. The Morgan fingerprint density at radius 3 is 2.48 bits per heavy atom. The summed E-state index contributed by atoms with van der Waals surface area (Å²) in [6.07, 6.45) is 19.7. The monoisotopic (exact) mass is 351 g/mol. The largest absolute Gasteiger partial charge is 0.349 e. The normalized spacial score (nSPS) is 24.1. The van der Waals surface area contributed by atoms with E-state index in [0.29, 0.717) is 6.61 Å². The fourth-order valence-electron chi connectivity index (χ4n) is 3.14. The molecular formula is C22H41NO2. The van der Waals surface area contributed by atoms with Crippen LogP contribution in [0.2, 0.25) is 0 Å². The van der Waals surface area contributed by atoms with Gasteiger partial charge < -0.3 is 15.2 Å². The zero-order chi connectivity index (χ0) is 18.5. The van der Waals surface area contributed by atoms with Crippen LogP contribution in [0.1, 0.15) is 91.9 Å². The maximum Gasteiger partial charge on any atom is 0.163 e. The second-order valence-electron chi connectivity index (χ2n) is 7.88. The summed E-state index contributed by atoms with van der Waals surface area (Å²) < 4.78 is 11.4. The van der Waals surface area contributed by atoms with Crippen LogP contribution in [0, 0.1) is 0 Å². The van der Waals surface area contributed by atoms with Crippen molar-refractivity contribution in [1.29, 1.82) is 0 Å².